The maximum Gasteiger partial charge on any atom is 0.303 e. The summed E-state index contributed by atoms with van der Waals surface area (Å²) in [5.41, 5.74) is 0. The number of ether oxygens (including phenoxy) is 1. The second-order valence-electron chi connectivity index (χ2n) is 5.11. The molecule has 1 atom stereocenters. The molecule has 0 amide bonds. The van der Waals surface area contributed by atoms with Gasteiger partial charge in [-0.2, -0.15) is 0 Å². The molecule has 1 heterocycles. The van der Waals surface area contributed by atoms with E-state index in [0.29, 0.717) is 6.42 Å². The zero-order valence-corrected chi connectivity index (χ0v) is 12.3. The van der Waals surface area contributed by atoms with Gasteiger partial charge in [-0.1, -0.05) is 58.3 Å². The Morgan fingerprint density at radius 3 is 1.84 bits per heavy atom. The van der Waals surface area contributed by atoms with E-state index in [1.807, 2.05) is 0 Å². The first kappa shape index (κ1) is 18.4. The van der Waals surface area contributed by atoms with Gasteiger partial charge in [0.25, 0.3) is 0 Å². The Kier molecular flexibility index (Phi) is 13.4. The summed E-state index contributed by atoms with van der Waals surface area (Å²) in [7, 11) is 0. The van der Waals surface area contributed by atoms with Crippen LogP contribution in [0.2, 0.25) is 0 Å². The van der Waals surface area contributed by atoms with Crippen LogP contribution in [0.4, 0.5) is 0 Å². The number of aliphatic carboxylic acids is 1. The van der Waals surface area contributed by atoms with Crippen molar-refractivity contribution in [1.82, 2.24) is 0 Å². The number of epoxide rings is 1. The Morgan fingerprint density at radius 2 is 1.53 bits per heavy atom. The summed E-state index contributed by atoms with van der Waals surface area (Å²) in [5.74, 6) is -0.659. The summed E-state index contributed by atoms with van der Waals surface area (Å²) in [6, 6.07) is 0. The first-order chi connectivity index (χ1) is 9.20. The van der Waals surface area contributed by atoms with E-state index < -0.39 is 5.97 Å². The highest BCUT2D eigenvalue weighted by molar-refractivity contribution is 5.66. The van der Waals surface area contributed by atoms with Gasteiger partial charge in [0, 0.05) is 6.42 Å². The van der Waals surface area contributed by atoms with Gasteiger partial charge >= 0.3 is 5.97 Å². The average Bonchev–Trinajstić information content (AvgIpc) is 3.21. The fraction of sp³-hybridized carbons (Fsp3) is 0.933. The summed E-state index contributed by atoms with van der Waals surface area (Å²) in [4.78, 5) is 10.2. The van der Waals surface area contributed by atoms with Crippen LogP contribution in [0.5, 0.6) is 0 Å². The Hall–Kier alpha value is -0.610. The second-order valence-corrected chi connectivity index (χ2v) is 5.11. The van der Waals surface area contributed by atoms with Crippen LogP contribution in [0, 0.1) is 0 Å². The molecule has 1 rings (SSSR count). The molecule has 1 saturated heterocycles. The standard InChI is InChI=1S/C12H24O2.C3H6O2/c1-2-3-4-5-6-7-8-9-10-11-12(13)14;4-1-3-2-5-3/h2-11H2,1H3,(H,13,14);3-4H,1-2H2. The van der Waals surface area contributed by atoms with E-state index in [-0.39, 0.29) is 12.7 Å². The molecule has 0 spiro atoms. The molecule has 4 heteroatoms. The maximum absolute atomic E-state index is 10.2. The molecule has 0 aromatic heterocycles. The van der Waals surface area contributed by atoms with Crippen LogP contribution in [0.15, 0.2) is 0 Å². The number of carbonyl (C=O) groups is 1. The molecule has 0 saturated carbocycles. The lowest BCUT2D eigenvalue weighted by molar-refractivity contribution is -0.137. The quantitative estimate of drug-likeness (QED) is 0.447. The smallest absolute Gasteiger partial charge is 0.303 e. The lowest BCUT2D eigenvalue weighted by atomic mass is 10.1. The van der Waals surface area contributed by atoms with Gasteiger partial charge in [0.2, 0.25) is 0 Å². The van der Waals surface area contributed by atoms with E-state index in [1.165, 1.54) is 44.9 Å². The largest absolute Gasteiger partial charge is 0.481 e. The first-order valence-electron chi connectivity index (χ1n) is 7.65. The number of aliphatic hydroxyl groups is 1. The van der Waals surface area contributed by atoms with Crippen molar-refractivity contribution in [2.75, 3.05) is 13.2 Å². The van der Waals surface area contributed by atoms with E-state index in [9.17, 15) is 4.79 Å². The van der Waals surface area contributed by atoms with Gasteiger partial charge in [-0.05, 0) is 6.42 Å². The third kappa shape index (κ3) is 17.4. The molecule has 0 aromatic rings. The lowest BCUT2D eigenvalue weighted by Crippen LogP contribution is -1.93. The molecule has 0 radical (unpaired) electrons. The maximum atomic E-state index is 10.2. The van der Waals surface area contributed by atoms with Crippen LogP contribution < -0.4 is 0 Å². The Bertz CT molecular complexity index is 202. The predicted octanol–water partition coefficient (Wildman–Crippen LogP) is 3.37. The molecule has 4 nitrogen and oxygen atoms in total. The summed E-state index contributed by atoms with van der Waals surface area (Å²) < 4.78 is 4.61. The highest BCUT2D eigenvalue weighted by Gasteiger charge is 2.19. The summed E-state index contributed by atoms with van der Waals surface area (Å²) in [6.45, 7) is 3.18. The normalized spacial score (nSPS) is 16.6. The molecule has 114 valence electrons. The van der Waals surface area contributed by atoms with Gasteiger partial charge < -0.3 is 14.9 Å². The Labute approximate surface area is 117 Å². The average molecular weight is 274 g/mol. The first-order valence-corrected chi connectivity index (χ1v) is 7.65. The van der Waals surface area contributed by atoms with E-state index in [0.717, 1.165) is 19.4 Å². The zero-order valence-electron chi connectivity index (χ0n) is 12.3. The number of carboxylic acid groups (broad SMARTS) is 1. The third-order valence-corrected chi connectivity index (χ3v) is 3.10. The van der Waals surface area contributed by atoms with Crippen molar-refractivity contribution in [3.05, 3.63) is 0 Å². The van der Waals surface area contributed by atoms with Crippen molar-refractivity contribution in [2.24, 2.45) is 0 Å². The number of carboxylic acids is 1. The van der Waals surface area contributed by atoms with Gasteiger partial charge in [-0.15, -0.1) is 0 Å². The molecule has 2 N–H and O–H groups in total. The van der Waals surface area contributed by atoms with Gasteiger partial charge in [0.1, 0.15) is 6.10 Å². The summed E-state index contributed by atoms with van der Waals surface area (Å²) in [5, 5.41) is 16.5. The van der Waals surface area contributed by atoms with Crippen molar-refractivity contribution in [1.29, 1.82) is 0 Å². The topological polar surface area (TPSA) is 70.1 Å². The van der Waals surface area contributed by atoms with Crippen molar-refractivity contribution >= 4 is 5.97 Å². The molecule has 0 aromatic carbocycles. The minimum Gasteiger partial charge on any atom is -0.481 e. The van der Waals surface area contributed by atoms with Gasteiger partial charge in [-0.25, -0.2) is 0 Å². The molecule has 1 aliphatic rings. The van der Waals surface area contributed by atoms with Gasteiger partial charge in [0.15, 0.2) is 0 Å². The Balaban J connectivity index is 0.000000532. The van der Waals surface area contributed by atoms with Crippen LogP contribution >= 0.6 is 0 Å². The van der Waals surface area contributed by atoms with Crippen molar-refractivity contribution in [3.8, 4) is 0 Å². The van der Waals surface area contributed by atoms with E-state index in [4.69, 9.17) is 10.2 Å². The second kappa shape index (κ2) is 13.8. The van der Waals surface area contributed by atoms with Crippen LogP contribution in [0.1, 0.15) is 71.1 Å². The fourth-order valence-electron chi connectivity index (χ4n) is 1.76. The Morgan fingerprint density at radius 1 is 1.05 bits per heavy atom. The van der Waals surface area contributed by atoms with E-state index >= 15 is 0 Å². The molecule has 0 bridgehead atoms. The molecule has 1 unspecified atom stereocenters. The molecule has 19 heavy (non-hydrogen) atoms. The lowest BCUT2D eigenvalue weighted by Gasteiger charge is -2.00. The van der Waals surface area contributed by atoms with Crippen LogP contribution in [0.3, 0.4) is 0 Å². The van der Waals surface area contributed by atoms with Gasteiger partial charge in [0.05, 0.1) is 13.2 Å². The number of hydrogen-bond donors (Lipinski definition) is 2. The van der Waals surface area contributed by atoms with Crippen molar-refractivity contribution in [3.63, 3.8) is 0 Å². The minimum atomic E-state index is -0.659. The third-order valence-electron chi connectivity index (χ3n) is 3.10. The highest BCUT2D eigenvalue weighted by atomic mass is 16.6. The van der Waals surface area contributed by atoms with Crippen LogP contribution in [-0.4, -0.2) is 35.5 Å². The molecular weight excluding hydrogens is 244 g/mol. The minimum absolute atomic E-state index is 0.190. The zero-order chi connectivity index (χ0) is 14.3. The summed E-state index contributed by atoms with van der Waals surface area (Å²) in [6.07, 6.45) is 11.7. The van der Waals surface area contributed by atoms with Crippen molar-refractivity contribution in [2.45, 2.75) is 77.2 Å². The highest BCUT2D eigenvalue weighted by Crippen LogP contribution is 2.10. The number of hydrogen-bond acceptors (Lipinski definition) is 3. The molecule has 1 aliphatic heterocycles. The molecule has 1 fully saturated rings. The molecular formula is C15H30O4. The fourth-order valence-corrected chi connectivity index (χ4v) is 1.76. The van der Waals surface area contributed by atoms with Crippen LogP contribution in [0.25, 0.3) is 0 Å². The predicted molar refractivity (Wildman–Crippen MR) is 76.3 cm³/mol. The number of unbranched alkanes of at least 4 members (excludes halogenated alkanes) is 8. The van der Waals surface area contributed by atoms with Gasteiger partial charge in [-0.3, -0.25) is 4.79 Å². The van der Waals surface area contributed by atoms with E-state index in [2.05, 4.69) is 11.7 Å². The number of aliphatic hydroxyl groups excluding tert-OH is 1. The SMILES string of the molecule is CCCCCCCCCCCC(=O)O.OCC1CO1. The monoisotopic (exact) mass is 274 g/mol. The summed E-state index contributed by atoms with van der Waals surface area (Å²) >= 11 is 0. The van der Waals surface area contributed by atoms with E-state index in [1.54, 1.807) is 0 Å². The molecule has 0 aliphatic carbocycles. The number of rotatable bonds is 11. The van der Waals surface area contributed by atoms with Crippen LogP contribution in [-0.2, 0) is 9.53 Å². The van der Waals surface area contributed by atoms with Crippen molar-refractivity contribution < 1.29 is 19.7 Å².